The number of anilines is 1. The Morgan fingerprint density at radius 3 is 2.94 bits per heavy atom. The number of rotatable bonds is 2. The Balaban J connectivity index is 2.20. The Labute approximate surface area is 108 Å². The van der Waals surface area contributed by atoms with Crippen LogP contribution in [0.3, 0.4) is 0 Å². The van der Waals surface area contributed by atoms with Crippen LogP contribution in [0.4, 0.5) is 5.82 Å². The molecule has 1 amide bonds. The lowest BCUT2D eigenvalue weighted by Gasteiger charge is -2.04. The van der Waals surface area contributed by atoms with Crippen molar-refractivity contribution >= 4 is 23.3 Å². The summed E-state index contributed by atoms with van der Waals surface area (Å²) >= 11 is 5.65. The number of hydrogen-bond donors (Lipinski definition) is 1. The van der Waals surface area contributed by atoms with Crippen LogP contribution in [0.1, 0.15) is 15.9 Å². The number of nitrogens with one attached hydrogen (secondary N) is 1. The lowest BCUT2D eigenvalue weighted by Crippen LogP contribution is -2.13. The van der Waals surface area contributed by atoms with Gasteiger partial charge in [-0.2, -0.15) is 5.26 Å². The fourth-order valence-electron chi connectivity index (χ4n) is 1.32. The zero-order valence-corrected chi connectivity index (χ0v) is 9.85. The molecule has 88 valence electrons. The fraction of sp³-hybridized carbons (Fsp3) is 0. The van der Waals surface area contributed by atoms with Gasteiger partial charge in [0.1, 0.15) is 5.15 Å². The molecule has 1 aromatic heterocycles. The summed E-state index contributed by atoms with van der Waals surface area (Å²) in [7, 11) is 0. The number of amides is 1. The molecule has 2 aromatic rings. The SMILES string of the molecule is N#Cc1cccc(C(=O)Nc2cncc(Cl)n2)c1. The molecule has 0 fully saturated rings. The van der Waals surface area contributed by atoms with Gasteiger partial charge in [-0.3, -0.25) is 9.78 Å². The van der Waals surface area contributed by atoms with Gasteiger partial charge in [0.25, 0.3) is 5.91 Å². The van der Waals surface area contributed by atoms with Crippen molar-refractivity contribution in [1.82, 2.24) is 9.97 Å². The highest BCUT2D eigenvalue weighted by molar-refractivity contribution is 6.29. The number of hydrogen-bond acceptors (Lipinski definition) is 4. The number of nitriles is 1. The van der Waals surface area contributed by atoms with Crippen LogP contribution in [0.25, 0.3) is 0 Å². The molecule has 5 nitrogen and oxygen atoms in total. The predicted octanol–water partition coefficient (Wildman–Crippen LogP) is 2.25. The summed E-state index contributed by atoms with van der Waals surface area (Å²) in [6, 6.07) is 8.32. The van der Waals surface area contributed by atoms with E-state index in [1.807, 2.05) is 6.07 Å². The summed E-state index contributed by atoms with van der Waals surface area (Å²) in [5.74, 6) is -0.112. The highest BCUT2D eigenvalue weighted by Gasteiger charge is 2.07. The molecule has 0 saturated heterocycles. The van der Waals surface area contributed by atoms with E-state index in [1.54, 1.807) is 18.2 Å². The lowest BCUT2D eigenvalue weighted by atomic mass is 10.1. The van der Waals surface area contributed by atoms with Crippen molar-refractivity contribution < 1.29 is 4.79 Å². The molecule has 18 heavy (non-hydrogen) atoms. The Kier molecular flexibility index (Phi) is 3.51. The molecule has 6 heteroatoms. The number of halogens is 1. The van der Waals surface area contributed by atoms with E-state index in [4.69, 9.17) is 16.9 Å². The maximum Gasteiger partial charge on any atom is 0.256 e. The van der Waals surface area contributed by atoms with E-state index in [9.17, 15) is 4.79 Å². The van der Waals surface area contributed by atoms with E-state index >= 15 is 0 Å². The highest BCUT2D eigenvalue weighted by Crippen LogP contribution is 2.10. The molecule has 0 aliphatic rings. The first-order valence-electron chi connectivity index (χ1n) is 4.98. The Hall–Kier alpha value is -2.45. The summed E-state index contributed by atoms with van der Waals surface area (Å²) in [4.78, 5) is 19.6. The molecule has 0 spiro atoms. The van der Waals surface area contributed by atoms with Crippen molar-refractivity contribution in [1.29, 1.82) is 5.26 Å². The number of benzene rings is 1. The quantitative estimate of drug-likeness (QED) is 0.896. The Morgan fingerprint density at radius 2 is 2.22 bits per heavy atom. The third kappa shape index (κ3) is 2.81. The van der Waals surface area contributed by atoms with Gasteiger partial charge in [-0.15, -0.1) is 0 Å². The zero-order chi connectivity index (χ0) is 13.0. The van der Waals surface area contributed by atoms with Crippen LogP contribution in [0.5, 0.6) is 0 Å². The van der Waals surface area contributed by atoms with Crippen molar-refractivity contribution in [3.63, 3.8) is 0 Å². The number of nitrogens with zero attached hydrogens (tertiary/aromatic N) is 3. The maximum atomic E-state index is 11.9. The normalized spacial score (nSPS) is 9.56. The molecule has 1 aromatic carbocycles. The minimum atomic E-state index is -0.372. The molecule has 1 N–H and O–H groups in total. The topological polar surface area (TPSA) is 78.7 Å². The number of carbonyl (C=O) groups excluding carboxylic acids is 1. The van der Waals surface area contributed by atoms with Crippen LogP contribution in [-0.4, -0.2) is 15.9 Å². The van der Waals surface area contributed by atoms with Crippen molar-refractivity contribution in [3.8, 4) is 6.07 Å². The Bertz CT molecular complexity index is 636. The first-order chi connectivity index (χ1) is 8.69. The largest absolute Gasteiger partial charge is 0.305 e. The third-order valence-electron chi connectivity index (χ3n) is 2.10. The molecule has 0 aliphatic heterocycles. The smallest absolute Gasteiger partial charge is 0.256 e. The van der Waals surface area contributed by atoms with Gasteiger partial charge in [-0.25, -0.2) is 4.98 Å². The second-order valence-corrected chi connectivity index (χ2v) is 3.76. The third-order valence-corrected chi connectivity index (χ3v) is 2.28. The van der Waals surface area contributed by atoms with Crippen molar-refractivity contribution in [2.45, 2.75) is 0 Å². The summed E-state index contributed by atoms with van der Waals surface area (Å²) < 4.78 is 0. The van der Waals surface area contributed by atoms with Gasteiger partial charge in [0.05, 0.1) is 24.0 Å². The van der Waals surface area contributed by atoms with E-state index in [2.05, 4.69) is 15.3 Å². The maximum absolute atomic E-state index is 11.9. The van der Waals surface area contributed by atoms with Gasteiger partial charge >= 0.3 is 0 Å². The molecule has 1 heterocycles. The Morgan fingerprint density at radius 1 is 1.39 bits per heavy atom. The van der Waals surface area contributed by atoms with Crippen LogP contribution in [0.15, 0.2) is 36.7 Å². The fourth-order valence-corrected chi connectivity index (χ4v) is 1.47. The van der Waals surface area contributed by atoms with Crippen LogP contribution < -0.4 is 5.32 Å². The van der Waals surface area contributed by atoms with Crippen LogP contribution in [-0.2, 0) is 0 Å². The summed E-state index contributed by atoms with van der Waals surface area (Å²) in [6.07, 6.45) is 2.76. The number of carbonyl (C=O) groups is 1. The minimum Gasteiger partial charge on any atom is -0.305 e. The first-order valence-corrected chi connectivity index (χ1v) is 5.36. The molecule has 2 rings (SSSR count). The van der Waals surface area contributed by atoms with Gasteiger partial charge in [0.15, 0.2) is 5.82 Å². The van der Waals surface area contributed by atoms with Crippen molar-refractivity contribution in [3.05, 3.63) is 52.9 Å². The number of aromatic nitrogens is 2. The average molecular weight is 259 g/mol. The van der Waals surface area contributed by atoms with E-state index in [1.165, 1.54) is 18.5 Å². The summed E-state index contributed by atoms with van der Waals surface area (Å²) in [6.45, 7) is 0. The van der Waals surface area contributed by atoms with Gasteiger partial charge < -0.3 is 5.32 Å². The predicted molar refractivity (Wildman–Crippen MR) is 66.2 cm³/mol. The summed E-state index contributed by atoms with van der Waals surface area (Å²) in [5.41, 5.74) is 0.788. The van der Waals surface area contributed by atoms with Crippen molar-refractivity contribution in [2.24, 2.45) is 0 Å². The first kappa shape index (κ1) is 12.0. The second kappa shape index (κ2) is 5.25. The van der Waals surface area contributed by atoms with Crippen LogP contribution >= 0.6 is 11.6 Å². The molecule has 0 saturated carbocycles. The van der Waals surface area contributed by atoms with Gasteiger partial charge in [0.2, 0.25) is 0 Å². The highest BCUT2D eigenvalue weighted by atomic mass is 35.5. The lowest BCUT2D eigenvalue weighted by molar-refractivity contribution is 0.102. The minimum absolute atomic E-state index is 0.193. The molecule has 0 radical (unpaired) electrons. The van der Waals surface area contributed by atoms with Crippen LogP contribution in [0, 0.1) is 11.3 Å². The monoisotopic (exact) mass is 258 g/mol. The molecule has 0 unspecified atom stereocenters. The standard InChI is InChI=1S/C12H7ClN4O/c13-10-6-15-7-11(16-10)17-12(18)9-3-1-2-8(4-9)5-14/h1-4,6-7H,(H,16,17,18). The van der Waals surface area contributed by atoms with Gasteiger partial charge in [-0.05, 0) is 18.2 Å². The van der Waals surface area contributed by atoms with Crippen molar-refractivity contribution in [2.75, 3.05) is 5.32 Å². The average Bonchev–Trinajstić information content (AvgIpc) is 2.39. The molecular weight excluding hydrogens is 252 g/mol. The molecule has 0 bridgehead atoms. The summed E-state index contributed by atoms with van der Waals surface area (Å²) in [5, 5.41) is 11.5. The second-order valence-electron chi connectivity index (χ2n) is 3.37. The van der Waals surface area contributed by atoms with Gasteiger partial charge in [0, 0.05) is 5.56 Å². The zero-order valence-electron chi connectivity index (χ0n) is 9.09. The molecule has 0 atom stereocenters. The van der Waals surface area contributed by atoms with E-state index < -0.39 is 0 Å². The van der Waals surface area contributed by atoms with Gasteiger partial charge in [-0.1, -0.05) is 17.7 Å². The molecular formula is C12H7ClN4O. The van der Waals surface area contributed by atoms with E-state index in [0.29, 0.717) is 11.1 Å². The van der Waals surface area contributed by atoms with Crippen LogP contribution in [0.2, 0.25) is 5.15 Å². The molecule has 0 aliphatic carbocycles. The van der Waals surface area contributed by atoms with E-state index in [-0.39, 0.29) is 16.9 Å². The van der Waals surface area contributed by atoms with E-state index in [0.717, 1.165) is 0 Å².